The molecule has 0 radical (unpaired) electrons. The van der Waals surface area contributed by atoms with Crippen LogP contribution < -0.4 is 10.5 Å². The summed E-state index contributed by atoms with van der Waals surface area (Å²) in [6.45, 7) is 0.891. The minimum absolute atomic E-state index is 0.0770. The van der Waals surface area contributed by atoms with Gasteiger partial charge in [0.25, 0.3) is 0 Å². The summed E-state index contributed by atoms with van der Waals surface area (Å²) in [5.74, 6) is -0.678. The number of carbonyl (C=O) groups is 1. The molecular formula is C18H26FN3O3S. The number of hydrogen-bond acceptors (Lipinski definition) is 4. The number of nitrogens with one attached hydrogen (secondary N) is 1. The predicted octanol–water partition coefficient (Wildman–Crippen LogP) is 1.76. The van der Waals surface area contributed by atoms with Gasteiger partial charge in [0.1, 0.15) is 5.82 Å². The number of nitrogens with zero attached hydrogens (tertiary/aromatic N) is 1. The number of rotatable bonds is 4. The van der Waals surface area contributed by atoms with Crippen LogP contribution in [-0.4, -0.2) is 43.9 Å². The summed E-state index contributed by atoms with van der Waals surface area (Å²) in [6.07, 6.45) is 5.71. The summed E-state index contributed by atoms with van der Waals surface area (Å²) >= 11 is 0. The third kappa shape index (κ3) is 4.24. The van der Waals surface area contributed by atoms with Gasteiger partial charge in [-0.3, -0.25) is 4.79 Å². The van der Waals surface area contributed by atoms with E-state index >= 15 is 0 Å². The number of piperidine rings is 1. The highest BCUT2D eigenvalue weighted by Gasteiger charge is 2.40. The number of halogens is 1. The summed E-state index contributed by atoms with van der Waals surface area (Å²) in [6, 6.07) is 4.51. The van der Waals surface area contributed by atoms with Crippen LogP contribution in [0.1, 0.15) is 44.9 Å². The van der Waals surface area contributed by atoms with Gasteiger partial charge in [0.2, 0.25) is 15.9 Å². The van der Waals surface area contributed by atoms with E-state index in [0.717, 1.165) is 25.3 Å². The Bertz CT molecular complexity index is 763. The molecule has 0 aromatic heterocycles. The van der Waals surface area contributed by atoms with Crippen LogP contribution in [-0.2, 0) is 14.8 Å². The first-order valence-corrected chi connectivity index (χ1v) is 10.6. The van der Waals surface area contributed by atoms with Crippen LogP contribution in [0.4, 0.5) is 4.39 Å². The fourth-order valence-electron chi connectivity index (χ4n) is 3.89. The molecule has 1 amide bonds. The summed E-state index contributed by atoms with van der Waals surface area (Å²) in [4.78, 5) is 14.5. The number of benzene rings is 1. The standard InChI is InChI=1S/C18H26FN3O3S/c19-14-6-4-8-16(12-14)26(24,25)21-15-7-5-11-22(13-15)17(23)18(20)9-2-1-3-10-18/h4,6,8,12,15,21H,1-3,5,7,9-11,13,20H2. The van der Waals surface area contributed by atoms with Crippen molar-refractivity contribution >= 4 is 15.9 Å². The molecule has 26 heavy (non-hydrogen) atoms. The molecule has 1 aliphatic heterocycles. The van der Waals surface area contributed by atoms with E-state index in [4.69, 9.17) is 5.73 Å². The minimum atomic E-state index is -3.83. The Hall–Kier alpha value is -1.51. The van der Waals surface area contributed by atoms with Gasteiger partial charge in [0.15, 0.2) is 0 Å². The Morgan fingerprint density at radius 1 is 1.23 bits per heavy atom. The molecular weight excluding hydrogens is 357 g/mol. The fraction of sp³-hybridized carbons (Fsp3) is 0.611. The first-order chi connectivity index (χ1) is 12.3. The maximum absolute atomic E-state index is 13.3. The van der Waals surface area contributed by atoms with Crippen molar-refractivity contribution in [3.05, 3.63) is 30.1 Å². The zero-order chi connectivity index (χ0) is 18.8. The lowest BCUT2D eigenvalue weighted by Crippen LogP contribution is -2.60. The van der Waals surface area contributed by atoms with Crippen LogP contribution in [0.25, 0.3) is 0 Å². The highest BCUT2D eigenvalue weighted by Crippen LogP contribution is 2.29. The van der Waals surface area contributed by atoms with Crippen LogP contribution in [0.3, 0.4) is 0 Å². The molecule has 2 aliphatic rings. The zero-order valence-electron chi connectivity index (χ0n) is 14.8. The van der Waals surface area contributed by atoms with Crippen molar-refractivity contribution < 1.29 is 17.6 Å². The van der Waals surface area contributed by atoms with Gasteiger partial charge in [0.05, 0.1) is 10.4 Å². The number of hydrogen-bond donors (Lipinski definition) is 2. The lowest BCUT2D eigenvalue weighted by molar-refractivity contribution is -0.139. The van der Waals surface area contributed by atoms with Crippen molar-refractivity contribution in [3.8, 4) is 0 Å². The van der Waals surface area contributed by atoms with Crippen molar-refractivity contribution in [2.45, 2.75) is 61.4 Å². The van der Waals surface area contributed by atoms with Gasteiger partial charge in [-0.25, -0.2) is 17.5 Å². The lowest BCUT2D eigenvalue weighted by atomic mass is 9.81. The second-order valence-electron chi connectivity index (χ2n) is 7.39. The lowest BCUT2D eigenvalue weighted by Gasteiger charge is -2.40. The topological polar surface area (TPSA) is 92.5 Å². The molecule has 1 aromatic carbocycles. The van der Waals surface area contributed by atoms with E-state index in [2.05, 4.69) is 4.72 Å². The monoisotopic (exact) mass is 383 g/mol. The van der Waals surface area contributed by atoms with E-state index in [1.165, 1.54) is 18.2 Å². The summed E-state index contributed by atoms with van der Waals surface area (Å²) in [7, 11) is -3.83. The van der Waals surface area contributed by atoms with Crippen LogP contribution in [0.5, 0.6) is 0 Å². The number of sulfonamides is 1. The van der Waals surface area contributed by atoms with Crippen molar-refractivity contribution in [3.63, 3.8) is 0 Å². The normalized spacial score (nSPS) is 23.6. The first-order valence-electron chi connectivity index (χ1n) is 9.16. The van der Waals surface area contributed by atoms with Crippen LogP contribution >= 0.6 is 0 Å². The Morgan fingerprint density at radius 3 is 2.65 bits per heavy atom. The highest BCUT2D eigenvalue weighted by molar-refractivity contribution is 7.89. The van der Waals surface area contributed by atoms with E-state index in [0.29, 0.717) is 38.8 Å². The van der Waals surface area contributed by atoms with Crippen molar-refractivity contribution in [1.29, 1.82) is 0 Å². The third-order valence-corrected chi connectivity index (χ3v) is 6.83. The zero-order valence-corrected chi connectivity index (χ0v) is 15.6. The van der Waals surface area contributed by atoms with Crippen LogP contribution in [0, 0.1) is 5.82 Å². The molecule has 144 valence electrons. The third-order valence-electron chi connectivity index (χ3n) is 5.31. The first kappa shape index (κ1) is 19.3. The van der Waals surface area contributed by atoms with Gasteiger partial charge in [0, 0.05) is 19.1 Å². The Balaban J connectivity index is 1.67. The molecule has 1 heterocycles. The van der Waals surface area contributed by atoms with Crippen LogP contribution in [0.15, 0.2) is 29.2 Å². The molecule has 0 spiro atoms. The van der Waals surface area contributed by atoms with Crippen molar-refractivity contribution in [1.82, 2.24) is 9.62 Å². The van der Waals surface area contributed by atoms with Gasteiger partial charge >= 0.3 is 0 Å². The van der Waals surface area contributed by atoms with Gasteiger partial charge in [-0.15, -0.1) is 0 Å². The Morgan fingerprint density at radius 2 is 1.96 bits per heavy atom. The number of carbonyl (C=O) groups excluding carboxylic acids is 1. The SMILES string of the molecule is NC1(C(=O)N2CCCC(NS(=O)(=O)c3cccc(F)c3)C2)CCCCC1. The molecule has 1 atom stereocenters. The smallest absolute Gasteiger partial charge is 0.242 e. The van der Waals surface area contributed by atoms with E-state index in [9.17, 15) is 17.6 Å². The average Bonchev–Trinajstić information content (AvgIpc) is 2.61. The van der Waals surface area contributed by atoms with E-state index < -0.39 is 27.4 Å². The molecule has 6 nitrogen and oxygen atoms in total. The van der Waals surface area contributed by atoms with E-state index in [1.54, 1.807) is 4.90 Å². The second kappa shape index (κ2) is 7.62. The minimum Gasteiger partial charge on any atom is -0.340 e. The largest absolute Gasteiger partial charge is 0.340 e. The molecule has 3 rings (SSSR count). The summed E-state index contributed by atoms with van der Waals surface area (Å²) in [5.41, 5.74) is 5.52. The highest BCUT2D eigenvalue weighted by atomic mass is 32.2. The Labute approximate surface area is 154 Å². The number of likely N-dealkylation sites (tertiary alicyclic amines) is 1. The molecule has 8 heteroatoms. The molecule has 1 unspecified atom stereocenters. The molecule has 1 saturated carbocycles. The molecule has 2 fully saturated rings. The van der Waals surface area contributed by atoms with Gasteiger partial charge in [-0.1, -0.05) is 25.3 Å². The molecule has 1 saturated heterocycles. The number of amides is 1. The van der Waals surface area contributed by atoms with Gasteiger partial charge in [-0.05, 0) is 43.9 Å². The average molecular weight is 383 g/mol. The summed E-state index contributed by atoms with van der Waals surface area (Å²) in [5, 5.41) is 0. The number of nitrogens with two attached hydrogens (primary N) is 1. The van der Waals surface area contributed by atoms with Crippen molar-refractivity contribution in [2.24, 2.45) is 5.73 Å². The molecule has 1 aromatic rings. The quantitative estimate of drug-likeness (QED) is 0.829. The van der Waals surface area contributed by atoms with E-state index in [-0.39, 0.29) is 10.8 Å². The molecule has 1 aliphatic carbocycles. The maximum Gasteiger partial charge on any atom is 0.242 e. The van der Waals surface area contributed by atoms with Crippen molar-refractivity contribution in [2.75, 3.05) is 13.1 Å². The van der Waals surface area contributed by atoms with Gasteiger partial charge < -0.3 is 10.6 Å². The predicted molar refractivity (Wildman–Crippen MR) is 96.3 cm³/mol. The van der Waals surface area contributed by atoms with Crippen LogP contribution in [0.2, 0.25) is 0 Å². The van der Waals surface area contributed by atoms with Gasteiger partial charge in [-0.2, -0.15) is 0 Å². The maximum atomic E-state index is 13.3. The van der Waals surface area contributed by atoms with E-state index in [1.807, 2.05) is 0 Å². The fourth-order valence-corrected chi connectivity index (χ4v) is 5.18. The second-order valence-corrected chi connectivity index (χ2v) is 9.10. The molecule has 3 N–H and O–H groups in total. The Kier molecular flexibility index (Phi) is 5.64. The summed E-state index contributed by atoms with van der Waals surface area (Å²) < 4.78 is 40.9. The molecule has 0 bridgehead atoms.